The molecule has 1 aliphatic carbocycles. The fraction of sp³-hybridized carbons (Fsp3) is 0.261. The molecule has 28 heavy (non-hydrogen) atoms. The highest BCUT2D eigenvalue weighted by atomic mass is 16.4. The fourth-order valence-corrected chi connectivity index (χ4v) is 4.10. The Hall–Kier alpha value is -3.21. The Labute approximate surface area is 162 Å². The Balaban J connectivity index is 1.58. The third kappa shape index (κ3) is 2.83. The molecule has 1 aromatic heterocycles. The number of para-hydroxylation sites is 1. The number of benzene rings is 2. The van der Waals surface area contributed by atoms with Crippen LogP contribution in [0.5, 0.6) is 0 Å². The third-order valence-electron chi connectivity index (χ3n) is 5.74. The summed E-state index contributed by atoms with van der Waals surface area (Å²) in [5.74, 6) is -1.29. The Morgan fingerprint density at radius 3 is 2.57 bits per heavy atom. The maximum atomic E-state index is 13.5. The highest BCUT2D eigenvalue weighted by Crippen LogP contribution is 2.40. The maximum absolute atomic E-state index is 13.5. The number of pyridine rings is 1. The molecule has 5 rings (SSSR count). The van der Waals surface area contributed by atoms with Crippen LogP contribution in [-0.2, 0) is 11.3 Å². The van der Waals surface area contributed by atoms with E-state index in [1.54, 1.807) is 4.90 Å². The van der Waals surface area contributed by atoms with Gasteiger partial charge in [-0.1, -0.05) is 42.5 Å². The molecule has 140 valence electrons. The second-order valence-corrected chi connectivity index (χ2v) is 7.66. The highest BCUT2D eigenvalue weighted by molar-refractivity contribution is 6.06. The summed E-state index contributed by atoms with van der Waals surface area (Å²) < 4.78 is 0. The van der Waals surface area contributed by atoms with Gasteiger partial charge in [0.2, 0.25) is 0 Å². The van der Waals surface area contributed by atoms with Crippen molar-refractivity contribution in [2.75, 3.05) is 6.54 Å². The van der Waals surface area contributed by atoms with Crippen LogP contribution in [0.3, 0.4) is 0 Å². The van der Waals surface area contributed by atoms with E-state index in [-0.39, 0.29) is 12.5 Å². The number of hydrogen-bond donors (Lipinski definition) is 1. The molecule has 5 heteroatoms. The average Bonchev–Trinajstić information content (AvgIpc) is 3.57. The summed E-state index contributed by atoms with van der Waals surface area (Å²) in [4.78, 5) is 31.7. The van der Waals surface area contributed by atoms with E-state index in [9.17, 15) is 14.7 Å². The largest absolute Gasteiger partial charge is 0.481 e. The number of carboxylic acid groups (broad SMARTS) is 1. The van der Waals surface area contributed by atoms with Crippen LogP contribution in [0.15, 0.2) is 54.6 Å². The smallest absolute Gasteiger partial charge is 0.312 e. The molecule has 1 aliphatic heterocycles. The minimum absolute atomic E-state index is 0.124. The second-order valence-electron chi connectivity index (χ2n) is 7.66. The van der Waals surface area contributed by atoms with Crippen molar-refractivity contribution in [3.63, 3.8) is 0 Å². The fourth-order valence-electron chi connectivity index (χ4n) is 4.10. The number of rotatable bonds is 3. The summed E-state index contributed by atoms with van der Waals surface area (Å²) in [6, 6.07) is 17.1. The standard InChI is InChI=1S/C23H20N2O3/c26-22(25-12-15-5-1-2-6-16(15)19(13-25)23(27)28)18-11-21(14-9-10-14)24-20-8-4-3-7-17(18)20/h1-8,11,14,19H,9-10,12-13H2,(H,27,28). The molecule has 1 N–H and O–H groups in total. The predicted octanol–water partition coefficient (Wildman–Crippen LogP) is 3.94. The van der Waals surface area contributed by atoms with E-state index < -0.39 is 11.9 Å². The van der Waals surface area contributed by atoms with Crippen LogP contribution in [0.4, 0.5) is 0 Å². The van der Waals surface area contributed by atoms with Crippen LogP contribution in [0.25, 0.3) is 10.9 Å². The molecule has 1 atom stereocenters. The molecule has 5 nitrogen and oxygen atoms in total. The van der Waals surface area contributed by atoms with E-state index in [0.717, 1.165) is 40.6 Å². The molecule has 2 heterocycles. The number of carboxylic acids is 1. The van der Waals surface area contributed by atoms with Crippen molar-refractivity contribution in [3.05, 3.63) is 77.0 Å². The maximum Gasteiger partial charge on any atom is 0.312 e. The minimum Gasteiger partial charge on any atom is -0.481 e. The van der Waals surface area contributed by atoms with Crippen molar-refractivity contribution >= 4 is 22.8 Å². The van der Waals surface area contributed by atoms with Gasteiger partial charge in [0.05, 0.1) is 17.0 Å². The van der Waals surface area contributed by atoms with Crippen molar-refractivity contribution < 1.29 is 14.7 Å². The molecule has 1 saturated carbocycles. The lowest BCUT2D eigenvalue weighted by Crippen LogP contribution is -2.40. The molecular formula is C23H20N2O3. The first kappa shape index (κ1) is 16.9. The van der Waals surface area contributed by atoms with E-state index in [2.05, 4.69) is 0 Å². The number of carbonyl (C=O) groups is 2. The van der Waals surface area contributed by atoms with Gasteiger partial charge >= 0.3 is 5.97 Å². The lowest BCUT2D eigenvalue weighted by atomic mass is 9.89. The SMILES string of the molecule is O=C(O)C1CN(C(=O)c2cc(C3CC3)nc3ccccc23)Cc2ccccc21. The summed E-state index contributed by atoms with van der Waals surface area (Å²) in [5, 5.41) is 10.5. The first-order valence-electron chi connectivity index (χ1n) is 9.61. The van der Waals surface area contributed by atoms with Crippen LogP contribution in [0, 0.1) is 0 Å². The second kappa shape index (κ2) is 6.44. The van der Waals surface area contributed by atoms with E-state index in [4.69, 9.17) is 4.98 Å². The van der Waals surface area contributed by atoms with Gasteiger partial charge in [-0.25, -0.2) is 0 Å². The monoisotopic (exact) mass is 372 g/mol. The van der Waals surface area contributed by atoms with E-state index in [1.165, 1.54) is 0 Å². The van der Waals surface area contributed by atoms with Crippen molar-refractivity contribution in [1.29, 1.82) is 0 Å². The molecule has 1 unspecified atom stereocenters. The van der Waals surface area contributed by atoms with Crippen molar-refractivity contribution in [3.8, 4) is 0 Å². The van der Waals surface area contributed by atoms with E-state index in [1.807, 2.05) is 54.6 Å². The predicted molar refractivity (Wildman–Crippen MR) is 105 cm³/mol. The van der Waals surface area contributed by atoms with Gasteiger partial charge in [0, 0.05) is 30.1 Å². The average molecular weight is 372 g/mol. The number of aromatic nitrogens is 1. The Morgan fingerprint density at radius 1 is 1.04 bits per heavy atom. The number of fused-ring (bicyclic) bond motifs is 2. The first-order chi connectivity index (χ1) is 13.6. The number of aliphatic carboxylic acids is 1. The number of nitrogens with zero attached hydrogens (tertiary/aromatic N) is 2. The van der Waals surface area contributed by atoms with Crippen molar-refractivity contribution in [1.82, 2.24) is 9.88 Å². The van der Waals surface area contributed by atoms with Gasteiger partial charge in [0.15, 0.2) is 0 Å². The van der Waals surface area contributed by atoms with Crippen molar-refractivity contribution in [2.24, 2.45) is 0 Å². The van der Waals surface area contributed by atoms with Crippen molar-refractivity contribution in [2.45, 2.75) is 31.2 Å². The normalized spacial score (nSPS) is 18.7. The molecule has 0 radical (unpaired) electrons. The van der Waals surface area contributed by atoms with Crippen LogP contribution >= 0.6 is 0 Å². The molecule has 1 fully saturated rings. The van der Waals surface area contributed by atoms with Gasteiger partial charge in [-0.15, -0.1) is 0 Å². The number of amides is 1. The molecule has 0 saturated heterocycles. The van der Waals surface area contributed by atoms with Gasteiger partial charge in [-0.05, 0) is 36.1 Å². The van der Waals surface area contributed by atoms with Crippen LogP contribution in [0.2, 0.25) is 0 Å². The molecule has 0 bridgehead atoms. The van der Waals surface area contributed by atoms with Crippen LogP contribution in [0.1, 0.15) is 51.9 Å². The zero-order valence-corrected chi connectivity index (χ0v) is 15.3. The Morgan fingerprint density at radius 2 is 1.79 bits per heavy atom. The van der Waals surface area contributed by atoms with Gasteiger partial charge in [0.1, 0.15) is 0 Å². The Kier molecular flexibility index (Phi) is 3.90. The molecule has 0 spiro atoms. The van der Waals surface area contributed by atoms with Crippen LogP contribution in [-0.4, -0.2) is 33.4 Å². The highest BCUT2D eigenvalue weighted by Gasteiger charge is 2.34. The summed E-state index contributed by atoms with van der Waals surface area (Å²) >= 11 is 0. The summed E-state index contributed by atoms with van der Waals surface area (Å²) in [7, 11) is 0. The molecule has 3 aromatic rings. The molecular weight excluding hydrogens is 352 g/mol. The lowest BCUT2D eigenvalue weighted by Gasteiger charge is -2.33. The zero-order chi connectivity index (χ0) is 19.3. The number of carbonyl (C=O) groups excluding carboxylic acids is 1. The minimum atomic E-state index is -0.900. The van der Waals surface area contributed by atoms with Crippen LogP contribution < -0.4 is 0 Å². The van der Waals surface area contributed by atoms with E-state index >= 15 is 0 Å². The quantitative estimate of drug-likeness (QED) is 0.756. The van der Waals surface area contributed by atoms with Gasteiger partial charge in [-0.3, -0.25) is 14.6 Å². The zero-order valence-electron chi connectivity index (χ0n) is 15.3. The molecule has 2 aliphatic rings. The van der Waals surface area contributed by atoms with Gasteiger partial charge < -0.3 is 10.0 Å². The Bertz CT molecular complexity index is 1100. The van der Waals surface area contributed by atoms with Gasteiger partial charge in [0.25, 0.3) is 5.91 Å². The number of hydrogen-bond acceptors (Lipinski definition) is 3. The topological polar surface area (TPSA) is 70.5 Å². The first-order valence-corrected chi connectivity index (χ1v) is 9.61. The third-order valence-corrected chi connectivity index (χ3v) is 5.74. The molecule has 1 amide bonds. The summed E-state index contributed by atoms with van der Waals surface area (Å²) in [6.07, 6.45) is 2.22. The molecule has 2 aromatic carbocycles. The van der Waals surface area contributed by atoms with Gasteiger partial charge in [-0.2, -0.15) is 0 Å². The lowest BCUT2D eigenvalue weighted by molar-refractivity contribution is -0.139. The van der Waals surface area contributed by atoms with E-state index in [0.29, 0.717) is 18.0 Å². The summed E-state index contributed by atoms with van der Waals surface area (Å²) in [6.45, 7) is 0.606. The summed E-state index contributed by atoms with van der Waals surface area (Å²) in [5.41, 5.74) is 4.11.